The van der Waals surface area contributed by atoms with E-state index in [9.17, 15) is 18.0 Å². The number of hydrogen-bond acceptors (Lipinski definition) is 4. The molecule has 1 aliphatic carbocycles. The molecule has 4 rings (SSSR count). The number of ether oxygens (including phenoxy) is 2. The maximum atomic E-state index is 14.6. The first-order valence-electron chi connectivity index (χ1n) is 10.8. The van der Waals surface area contributed by atoms with Crippen LogP contribution in [0.15, 0.2) is 42.5 Å². The van der Waals surface area contributed by atoms with Crippen LogP contribution >= 0.6 is 0 Å². The maximum Gasteiger partial charge on any atom is 0.255 e. The van der Waals surface area contributed by atoms with Crippen molar-refractivity contribution in [3.63, 3.8) is 0 Å². The summed E-state index contributed by atoms with van der Waals surface area (Å²) in [5, 5.41) is 2.84. The molecule has 2 aliphatic rings. The summed E-state index contributed by atoms with van der Waals surface area (Å²) >= 11 is 0. The van der Waals surface area contributed by atoms with E-state index in [0.29, 0.717) is 18.8 Å². The molecule has 2 unspecified atom stereocenters. The average molecular weight is 448 g/mol. The zero-order chi connectivity index (χ0) is 22.9. The quantitative estimate of drug-likeness (QED) is 0.635. The number of carbonyl (C=O) groups is 1. The topological polar surface area (TPSA) is 50.8 Å². The van der Waals surface area contributed by atoms with Crippen LogP contribution in [0.3, 0.4) is 0 Å². The Morgan fingerprint density at radius 2 is 1.91 bits per heavy atom. The number of hydrogen-bond donors (Lipinski definition) is 1. The van der Waals surface area contributed by atoms with E-state index in [4.69, 9.17) is 9.47 Å². The molecule has 8 heteroatoms. The summed E-state index contributed by atoms with van der Waals surface area (Å²) in [5.41, 5.74) is 1.43. The van der Waals surface area contributed by atoms with Crippen LogP contribution in [0.4, 0.5) is 18.9 Å². The Kier molecular flexibility index (Phi) is 6.22. The van der Waals surface area contributed by atoms with Crippen LogP contribution in [0.2, 0.25) is 0 Å². The number of benzene rings is 2. The first-order valence-corrected chi connectivity index (χ1v) is 10.8. The fraction of sp³-hybridized carbons (Fsp3) is 0.458. The van der Waals surface area contributed by atoms with Crippen LogP contribution in [0.5, 0.6) is 11.5 Å². The molecule has 3 atom stereocenters. The molecular weight excluding hydrogens is 421 g/mol. The molecule has 32 heavy (non-hydrogen) atoms. The van der Waals surface area contributed by atoms with Crippen LogP contribution in [-0.2, 0) is 4.79 Å². The van der Waals surface area contributed by atoms with Crippen molar-refractivity contribution in [2.75, 3.05) is 24.6 Å². The molecule has 172 valence electrons. The smallest absolute Gasteiger partial charge is 0.255 e. The van der Waals surface area contributed by atoms with Gasteiger partial charge in [-0.15, -0.1) is 0 Å². The molecule has 0 radical (unpaired) electrons. The first kappa shape index (κ1) is 22.3. The van der Waals surface area contributed by atoms with Gasteiger partial charge in [-0.25, -0.2) is 13.2 Å². The molecule has 1 N–H and O–H groups in total. The highest BCUT2D eigenvalue weighted by Crippen LogP contribution is 2.48. The van der Waals surface area contributed by atoms with Crippen molar-refractivity contribution in [2.45, 2.75) is 44.8 Å². The van der Waals surface area contributed by atoms with Gasteiger partial charge in [0.05, 0.1) is 30.8 Å². The van der Waals surface area contributed by atoms with Gasteiger partial charge in [0.2, 0.25) is 5.91 Å². The molecule has 2 fully saturated rings. The Hall–Kier alpha value is -2.90. The highest BCUT2D eigenvalue weighted by molar-refractivity contribution is 5.73. The Balaban J connectivity index is 1.30. The molecule has 0 bridgehead atoms. The zero-order valence-electron chi connectivity index (χ0n) is 18.1. The number of carbonyl (C=O) groups excluding carboxylic acids is 1. The lowest BCUT2D eigenvalue weighted by Gasteiger charge is -2.20. The number of amides is 1. The van der Waals surface area contributed by atoms with Crippen molar-refractivity contribution in [1.82, 2.24) is 5.32 Å². The van der Waals surface area contributed by atoms with Gasteiger partial charge in [0, 0.05) is 32.4 Å². The molecule has 2 aromatic carbocycles. The van der Waals surface area contributed by atoms with Gasteiger partial charge in [0.15, 0.2) is 0 Å². The van der Waals surface area contributed by atoms with E-state index in [1.807, 2.05) is 36.1 Å². The summed E-state index contributed by atoms with van der Waals surface area (Å²) in [6.07, 6.45) is 0.499. The van der Waals surface area contributed by atoms with Gasteiger partial charge < -0.3 is 19.7 Å². The van der Waals surface area contributed by atoms with Gasteiger partial charge in [0.1, 0.15) is 23.4 Å². The number of halogens is 3. The minimum Gasteiger partial charge on any atom is -0.493 e. The van der Waals surface area contributed by atoms with Crippen molar-refractivity contribution in [3.05, 3.63) is 53.8 Å². The summed E-state index contributed by atoms with van der Waals surface area (Å²) in [4.78, 5) is 13.1. The molecule has 1 heterocycles. The summed E-state index contributed by atoms with van der Waals surface area (Å²) in [6, 6.07) is 12.0. The van der Waals surface area contributed by atoms with Crippen LogP contribution in [-0.4, -0.2) is 37.6 Å². The van der Waals surface area contributed by atoms with Crippen molar-refractivity contribution < 1.29 is 27.4 Å². The molecule has 1 saturated heterocycles. The predicted molar refractivity (Wildman–Crippen MR) is 115 cm³/mol. The lowest BCUT2D eigenvalue weighted by atomic mass is 10.1. The lowest BCUT2D eigenvalue weighted by molar-refractivity contribution is -0.119. The van der Waals surface area contributed by atoms with Gasteiger partial charge in [0.25, 0.3) is 5.92 Å². The fourth-order valence-corrected chi connectivity index (χ4v) is 3.94. The third-order valence-electron chi connectivity index (χ3n) is 5.91. The number of nitrogens with zero attached hydrogens (tertiary/aromatic N) is 1. The molecule has 2 aromatic rings. The Labute approximate surface area is 185 Å². The van der Waals surface area contributed by atoms with Crippen molar-refractivity contribution in [2.24, 2.45) is 5.92 Å². The maximum absolute atomic E-state index is 14.6. The van der Waals surface area contributed by atoms with Crippen molar-refractivity contribution >= 4 is 11.6 Å². The summed E-state index contributed by atoms with van der Waals surface area (Å²) < 4.78 is 51.9. The van der Waals surface area contributed by atoms with E-state index >= 15 is 0 Å². The number of alkyl halides is 2. The van der Waals surface area contributed by atoms with Gasteiger partial charge in [-0.05, 0) is 36.8 Å². The lowest BCUT2D eigenvalue weighted by Crippen LogP contribution is -2.25. The van der Waals surface area contributed by atoms with Crippen LogP contribution in [0, 0.1) is 11.7 Å². The van der Waals surface area contributed by atoms with Gasteiger partial charge >= 0.3 is 0 Å². The summed E-state index contributed by atoms with van der Waals surface area (Å²) in [5.74, 6) is -2.97. The highest BCUT2D eigenvalue weighted by atomic mass is 19.3. The fourth-order valence-electron chi connectivity index (χ4n) is 3.94. The van der Waals surface area contributed by atoms with Gasteiger partial charge in [-0.2, -0.15) is 0 Å². The monoisotopic (exact) mass is 448 g/mol. The van der Waals surface area contributed by atoms with Crippen LogP contribution in [0.25, 0.3) is 0 Å². The zero-order valence-corrected chi connectivity index (χ0v) is 18.1. The summed E-state index contributed by atoms with van der Waals surface area (Å²) in [6.45, 7) is 4.48. The number of rotatable bonds is 8. The van der Waals surface area contributed by atoms with E-state index < -0.39 is 17.7 Å². The molecule has 1 aliphatic heterocycles. The predicted octanol–water partition coefficient (Wildman–Crippen LogP) is 4.71. The second-order valence-corrected chi connectivity index (χ2v) is 8.55. The van der Waals surface area contributed by atoms with Crippen LogP contribution < -0.4 is 19.7 Å². The second-order valence-electron chi connectivity index (χ2n) is 8.55. The van der Waals surface area contributed by atoms with E-state index in [0.717, 1.165) is 17.7 Å². The van der Waals surface area contributed by atoms with Crippen molar-refractivity contribution in [3.8, 4) is 11.5 Å². The van der Waals surface area contributed by atoms with Gasteiger partial charge in [-0.1, -0.05) is 12.1 Å². The van der Waals surface area contributed by atoms with Gasteiger partial charge in [-0.3, -0.25) is 4.79 Å². The minimum absolute atomic E-state index is 0.0824. The largest absolute Gasteiger partial charge is 0.493 e. The molecule has 0 aromatic heterocycles. The Morgan fingerprint density at radius 3 is 2.53 bits per heavy atom. The number of anilines is 1. The third-order valence-corrected chi connectivity index (χ3v) is 5.91. The molecule has 5 nitrogen and oxygen atoms in total. The number of nitrogens with one attached hydrogen (secondary N) is 1. The molecule has 1 saturated carbocycles. The van der Waals surface area contributed by atoms with E-state index in [-0.39, 0.29) is 36.8 Å². The first-order chi connectivity index (χ1) is 15.2. The van der Waals surface area contributed by atoms with E-state index in [1.54, 1.807) is 12.1 Å². The molecule has 1 amide bonds. The molecular formula is C24H27F3N2O3. The van der Waals surface area contributed by atoms with E-state index in [2.05, 4.69) is 5.32 Å². The Bertz CT molecular complexity index is 967. The Morgan fingerprint density at radius 1 is 1.22 bits per heavy atom. The standard InChI is InChI=1S/C24H27F3N2O3/c1-15(28-16(2)30)17-3-5-19(6-4-17)32-21-9-10-29(13-21)23-8-7-20(11-22(23)25)31-14-18-12-24(18,26)27/h3-8,11,15,18,21H,9-10,12-14H2,1-2H3,(H,28,30)/t15?,18?,21-/m1/s1. The minimum atomic E-state index is -2.65. The van der Waals surface area contributed by atoms with Crippen LogP contribution in [0.1, 0.15) is 38.3 Å². The second kappa shape index (κ2) is 8.92. The summed E-state index contributed by atoms with van der Waals surface area (Å²) in [7, 11) is 0. The SMILES string of the molecule is CC(=O)NC(C)c1ccc(O[C@@H]2CCN(c3ccc(OCC4CC4(F)F)cc3F)C2)cc1. The molecule has 0 spiro atoms. The van der Waals surface area contributed by atoms with Crippen molar-refractivity contribution in [1.29, 1.82) is 0 Å². The normalized spacial score (nSPS) is 22.3. The van der Waals surface area contributed by atoms with E-state index in [1.165, 1.54) is 13.0 Å². The third kappa shape index (κ3) is 5.29. The highest BCUT2D eigenvalue weighted by Gasteiger charge is 2.57. The average Bonchev–Trinajstić information content (AvgIpc) is 3.11.